The summed E-state index contributed by atoms with van der Waals surface area (Å²) in [6.07, 6.45) is 0.791. The van der Waals surface area contributed by atoms with Gasteiger partial charge in [0.25, 0.3) is 0 Å². The molecule has 0 heterocycles. The van der Waals surface area contributed by atoms with Gasteiger partial charge in [-0.25, -0.2) is 4.39 Å². The van der Waals surface area contributed by atoms with Crippen LogP contribution in [0.25, 0.3) is 0 Å². The zero-order chi connectivity index (χ0) is 18.9. The Kier molecular flexibility index (Phi) is 7.45. The largest absolute Gasteiger partial charge is 0.491 e. The number of halogens is 1. The lowest BCUT2D eigenvalue weighted by Gasteiger charge is -2.11. The van der Waals surface area contributed by atoms with E-state index in [1.165, 1.54) is 6.07 Å². The summed E-state index contributed by atoms with van der Waals surface area (Å²) in [6, 6.07) is 12.3. The summed E-state index contributed by atoms with van der Waals surface area (Å²) < 4.78 is 30.2. The second kappa shape index (κ2) is 9.80. The smallest absolute Gasteiger partial charge is 0.306 e. The Bertz CT molecular complexity index is 710. The molecule has 0 spiro atoms. The first-order valence-corrected chi connectivity index (χ1v) is 8.80. The summed E-state index contributed by atoms with van der Waals surface area (Å²) in [5.41, 5.74) is 1.66. The molecule has 0 aliphatic rings. The predicted octanol–water partition coefficient (Wildman–Crippen LogP) is 4.69. The van der Waals surface area contributed by atoms with Gasteiger partial charge < -0.3 is 14.2 Å². The van der Waals surface area contributed by atoms with Crippen LogP contribution in [0, 0.1) is 5.82 Å². The van der Waals surface area contributed by atoms with E-state index in [9.17, 15) is 9.18 Å². The molecule has 0 aliphatic carbocycles. The van der Waals surface area contributed by atoms with E-state index in [2.05, 4.69) is 0 Å². The lowest BCUT2D eigenvalue weighted by molar-refractivity contribution is -0.143. The fraction of sp³-hybridized carbons (Fsp3) is 0.381. The molecule has 0 amide bonds. The van der Waals surface area contributed by atoms with E-state index in [1.807, 2.05) is 38.1 Å². The molecule has 2 aromatic rings. The minimum atomic E-state index is -0.439. The maximum atomic E-state index is 14.2. The van der Waals surface area contributed by atoms with Crippen LogP contribution in [-0.4, -0.2) is 18.7 Å². The van der Waals surface area contributed by atoms with E-state index in [-0.39, 0.29) is 30.9 Å². The topological polar surface area (TPSA) is 44.8 Å². The maximum absolute atomic E-state index is 14.2. The highest BCUT2D eigenvalue weighted by atomic mass is 19.1. The molecule has 2 aromatic carbocycles. The molecule has 26 heavy (non-hydrogen) atoms. The molecule has 0 atom stereocenters. The molecule has 0 unspecified atom stereocenters. The standard InChI is InChI=1S/C21H25FO4/c1-4-24-21(23)12-8-16-7-11-20(19(22)13-16)25-14-17-5-9-18(10-6-17)26-15(2)3/h5-7,9-11,13,15H,4,8,12,14H2,1-3H3. The van der Waals surface area contributed by atoms with Gasteiger partial charge in [-0.3, -0.25) is 4.79 Å². The number of carbonyl (C=O) groups is 1. The van der Waals surface area contributed by atoms with Crippen molar-refractivity contribution < 1.29 is 23.4 Å². The van der Waals surface area contributed by atoms with E-state index in [0.29, 0.717) is 13.0 Å². The fourth-order valence-electron chi connectivity index (χ4n) is 2.39. The van der Waals surface area contributed by atoms with Crippen molar-refractivity contribution in [3.63, 3.8) is 0 Å². The molecule has 0 fully saturated rings. The lowest BCUT2D eigenvalue weighted by Crippen LogP contribution is -2.06. The van der Waals surface area contributed by atoms with Crippen LogP contribution in [-0.2, 0) is 22.6 Å². The third-order valence-electron chi connectivity index (χ3n) is 3.61. The Morgan fingerprint density at radius 3 is 2.38 bits per heavy atom. The Balaban J connectivity index is 1.88. The molecule has 4 nitrogen and oxygen atoms in total. The van der Waals surface area contributed by atoms with Gasteiger partial charge in [-0.15, -0.1) is 0 Å². The normalized spacial score (nSPS) is 10.7. The summed E-state index contributed by atoms with van der Waals surface area (Å²) in [5.74, 6) is 0.262. The lowest BCUT2D eigenvalue weighted by atomic mass is 10.1. The van der Waals surface area contributed by atoms with Gasteiger partial charge in [-0.2, -0.15) is 0 Å². The summed E-state index contributed by atoms with van der Waals surface area (Å²) in [4.78, 5) is 11.4. The van der Waals surface area contributed by atoms with Crippen LogP contribution >= 0.6 is 0 Å². The molecule has 0 bridgehead atoms. The van der Waals surface area contributed by atoms with Gasteiger partial charge in [-0.05, 0) is 62.6 Å². The number of carbonyl (C=O) groups excluding carboxylic acids is 1. The number of esters is 1. The van der Waals surface area contributed by atoms with Crippen LogP contribution in [0.15, 0.2) is 42.5 Å². The molecule has 0 N–H and O–H groups in total. The Hall–Kier alpha value is -2.56. The summed E-state index contributed by atoms with van der Waals surface area (Å²) >= 11 is 0. The zero-order valence-corrected chi connectivity index (χ0v) is 15.5. The van der Waals surface area contributed by atoms with E-state index < -0.39 is 5.82 Å². The summed E-state index contributed by atoms with van der Waals surface area (Å²) in [6.45, 7) is 6.31. The molecular formula is C21H25FO4. The van der Waals surface area contributed by atoms with E-state index in [0.717, 1.165) is 16.9 Å². The minimum absolute atomic E-state index is 0.119. The molecule has 0 saturated carbocycles. The third-order valence-corrected chi connectivity index (χ3v) is 3.61. The monoisotopic (exact) mass is 360 g/mol. The quantitative estimate of drug-likeness (QED) is 0.609. The van der Waals surface area contributed by atoms with Crippen molar-refractivity contribution in [2.45, 2.75) is 46.3 Å². The van der Waals surface area contributed by atoms with Gasteiger partial charge >= 0.3 is 5.97 Å². The Morgan fingerprint density at radius 2 is 1.77 bits per heavy atom. The zero-order valence-electron chi connectivity index (χ0n) is 15.5. The van der Waals surface area contributed by atoms with Crippen LogP contribution in [0.5, 0.6) is 11.5 Å². The third kappa shape index (κ3) is 6.39. The molecule has 2 rings (SSSR count). The van der Waals surface area contributed by atoms with Gasteiger partial charge in [0.05, 0.1) is 12.7 Å². The van der Waals surface area contributed by atoms with Crippen molar-refractivity contribution in [1.29, 1.82) is 0 Å². The van der Waals surface area contributed by atoms with Crippen LogP contribution < -0.4 is 9.47 Å². The van der Waals surface area contributed by atoms with Gasteiger partial charge in [0.2, 0.25) is 0 Å². The average molecular weight is 360 g/mol. The molecule has 140 valence electrons. The molecule has 0 radical (unpaired) electrons. The number of rotatable bonds is 9. The van der Waals surface area contributed by atoms with E-state index in [1.54, 1.807) is 19.1 Å². The van der Waals surface area contributed by atoms with Crippen LogP contribution in [0.4, 0.5) is 4.39 Å². The first-order chi connectivity index (χ1) is 12.5. The molecule has 0 aliphatic heterocycles. The number of benzene rings is 2. The maximum Gasteiger partial charge on any atom is 0.306 e. The van der Waals surface area contributed by atoms with Gasteiger partial charge in [0.1, 0.15) is 12.4 Å². The summed E-state index contributed by atoms with van der Waals surface area (Å²) in [7, 11) is 0. The second-order valence-corrected chi connectivity index (χ2v) is 6.17. The molecule has 5 heteroatoms. The Morgan fingerprint density at radius 1 is 1.08 bits per heavy atom. The van der Waals surface area contributed by atoms with Gasteiger partial charge in [-0.1, -0.05) is 18.2 Å². The van der Waals surface area contributed by atoms with Crippen molar-refractivity contribution in [2.75, 3.05) is 6.61 Å². The van der Waals surface area contributed by atoms with Crippen LogP contribution in [0.1, 0.15) is 38.3 Å². The first kappa shape index (κ1) is 19.8. The van der Waals surface area contributed by atoms with Crippen molar-refractivity contribution in [3.05, 3.63) is 59.4 Å². The van der Waals surface area contributed by atoms with Crippen molar-refractivity contribution in [3.8, 4) is 11.5 Å². The molecule has 0 saturated heterocycles. The predicted molar refractivity (Wildman–Crippen MR) is 97.9 cm³/mol. The first-order valence-electron chi connectivity index (χ1n) is 8.80. The van der Waals surface area contributed by atoms with E-state index >= 15 is 0 Å². The fourth-order valence-corrected chi connectivity index (χ4v) is 2.39. The highest BCUT2D eigenvalue weighted by Gasteiger charge is 2.08. The van der Waals surface area contributed by atoms with Crippen LogP contribution in [0.2, 0.25) is 0 Å². The Labute approximate surface area is 153 Å². The minimum Gasteiger partial charge on any atom is -0.491 e. The summed E-state index contributed by atoms with van der Waals surface area (Å²) in [5, 5.41) is 0. The van der Waals surface area contributed by atoms with Gasteiger partial charge in [0.15, 0.2) is 11.6 Å². The molecule has 0 aromatic heterocycles. The van der Waals surface area contributed by atoms with Crippen LogP contribution in [0.3, 0.4) is 0 Å². The molecular weight excluding hydrogens is 335 g/mol. The number of ether oxygens (including phenoxy) is 3. The van der Waals surface area contributed by atoms with Crippen molar-refractivity contribution >= 4 is 5.97 Å². The second-order valence-electron chi connectivity index (χ2n) is 6.17. The van der Waals surface area contributed by atoms with E-state index in [4.69, 9.17) is 14.2 Å². The van der Waals surface area contributed by atoms with Crippen molar-refractivity contribution in [2.24, 2.45) is 0 Å². The van der Waals surface area contributed by atoms with Crippen molar-refractivity contribution in [1.82, 2.24) is 0 Å². The number of hydrogen-bond acceptors (Lipinski definition) is 4. The SMILES string of the molecule is CCOC(=O)CCc1ccc(OCc2ccc(OC(C)C)cc2)c(F)c1. The average Bonchev–Trinajstić information content (AvgIpc) is 2.60. The highest BCUT2D eigenvalue weighted by molar-refractivity contribution is 5.69. The van der Waals surface area contributed by atoms with Gasteiger partial charge in [0, 0.05) is 6.42 Å². The highest BCUT2D eigenvalue weighted by Crippen LogP contribution is 2.21. The number of aryl methyl sites for hydroxylation is 1. The number of hydrogen-bond donors (Lipinski definition) is 0.